The molecule has 0 bridgehead atoms. The number of nitrogens with one attached hydrogen (secondary N) is 1. The maximum Gasteiger partial charge on any atom is 0.243 e. The Hall–Kier alpha value is -4.04. The number of nitrogens with zero attached hydrogens (tertiary/aromatic N) is 5. The van der Waals surface area contributed by atoms with E-state index in [2.05, 4.69) is 69.4 Å². The lowest BCUT2D eigenvalue weighted by molar-refractivity contribution is -0.151. The zero-order valence-corrected chi connectivity index (χ0v) is 22.9. The minimum absolute atomic E-state index is 0.0532. The van der Waals surface area contributed by atoms with Gasteiger partial charge in [-0.05, 0) is 82.5 Å². The second kappa shape index (κ2) is 11.6. The van der Waals surface area contributed by atoms with Crippen LogP contribution in [0.25, 0.3) is 16.8 Å². The van der Waals surface area contributed by atoms with Crippen LogP contribution in [-0.2, 0) is 16.1 Å². The molecule has 1 N–H and O–H groups in total. The second-order valence-electron chi connectivity index (χ2n) is 10.6. The first kappa shape index (κ1) is 26.2. The second-order valence-corrected chi connectivity index (χ2v) is 11.1. The molecule has 40 heavy (non-hydrogen) atoms. The summed E-state index contributed by atoms with van der Waals surface area (Å²) >= 11 is 6.21. The molecule has 1 saturated carbocycles. The van der Waals surface area contributed by atoms with Crippen LogP contribution in [-0.4, -0.2) is 49.5 Å². The Labute approximate surface area is 238 Å². The van der Waals surface area contributed by atoms with Gasteiger partial charge in [0.05, 0.1) is 5.69 Å². The van der Waals surface area contributed by atoms with Gasteiger partial charge in [-0.15, -0.1) is 5.10 Å². The van der Waals surface area contributed by atoms with Crippen LogP contribution in [0.1, 0.15) is 49.1 Å². The lowest BCUT2D eigenvalue weighted by Gasteiger charge is -2.43. The van der Waals surface area contributed by atoms with E-state index in [4.69, 9.17) is 11.6 Å². The summed E-state index contributed by atoms with van der Waals surface area (Å²) in [4.78, 5) is 28.4. The van der Waals surface area contributed by atoms with Crippen molar-refractivity contribution in [2.45, 2.75) is 50.6 Å². The van der Waals surface area contributed by atoms with Gasteiger partial charge >= 0.3 is 0 Å². The van der Waals surface area contributed by atoms with Crippen molar-refractivity contribution >= 4 is 23.4 Å². The Bertz CT molecular complexity index is 1480. The first-order valence-electron chi connectivity index (χ1n) is 13.8. The predicted molar refractivity (Wildman–Crippen MR) is 153 cm³/mol. The van der Waals surface area contributed by atoms with Crippen molar-refractivity contribution in [1.29, 1.82) is 0 Å². The maximum absolute atomic E-state index is 13.5. The van der Waals surface area contributed by atoms with Gasteiger partial charge in [-0.1, -0.05) is 72.6 Å². The van der Waals surface area contributed by atoms with Gasteiger partial charge in [0.2, 0.25) is 11.8 Å². The molecule has 4 aromatic rings. The van der Waals surface area contributed by atoms with E-state index in [-0.39, 0.29) is 24.3 Å². The van der Waals surface area contributed by atoms with E-state index >= 15 is 0 Å². The van der Waals surface area contributed by atoms with Gasteiger partial charge in [-0.2, -0.15) is 0 Å². The van der Waals surface area contributed by atoms with Gasteiger partial charge in [0.15, 0.2) is 0 Å². The van der Waals surface area contributed by atoms with E-state index in [1.807, 2.05) is 12.1 Å². The molecule has 1 aliphatic heterocycles. The Kier molecular flexibility index (Phi) is 7.60. The van der Waals surface area contributed by atoms with E-state index in [0.29, 0.717) is 23.9 Å². The monoisotopic (exact) mass is 554 g/mol. The average molecular weight is 555 g/mol. The Morgan fingerprint density at radius 3 is 2.48 bits per heavy atom. The zero-order chi connectivity index (χ0) is 27.5. The van der Waals surface area contributed by atoms with Crippen LogP contribution >= 0.6 is 11.6 Å². The average Bonchev–Trinajstić information content (AvgIpc) is 3.51. The summed E-state index contributed by atoms with van der Waals surface area (Å²) in [6.45, 7) is 0.883. The Balaban J connectivity index is 1.07. The van der Waals surface area contributed by atoms with Gasteiger partial charge in [0.1, 0.15) is 12.4 Å². The van der Waals surface area contributed by atoms with Crippen molar-refractivity contribution in [3.63, 3.8) is 0 Å². The van der Waals surface area contributed by atoms with Crippen molar-refractivity contribution in [2.24, 2.45) is 5.92 Å². The third-order valence-electron chi connectivity index (χ3n) is 8.21. The molecule has 2 heterocycles. The highest BCUT2D eigenvalue weighted by Crippen LogP contribution is 2.39. The fourth-order valence-electron chi connectivity index (χ4n) is 5.94. The third-order valence-corrected chi connectivity index (χ3v) is 8.44. The number of carbonyl (C=O) groups is 2. The van der Waals surface area contributed by atoms with Crippen LogP contribution < -0.4 is 5.32 Å². The third kappa shape index (κ3) is 5.49. The van der Waals surface area contributed by atoms with Crippen molar-refractivity contribution in [3.8, 4) is 16.8 Å². The number of aromatic nitrogens is 4. The topological polar surface area (TPSA) is 93.0 Å². The smallest absolute Gasteiger partial charge is 0.243 e. The summed E-state index contributed by atoms with van der Waals surface area (Å²) in [5.41, 5.74) is 5.22. The molecule has 9 heteroatoms. The molecular formula is C31H31ClN6O2. The molecule has 1 aliphatic carbocycles. The van der Waals surface area contributed by atoms with Gasteiger partial charge < -0.3 is 10.2 Å². The standard InChI is InChI=1S/C31H31ClN6O2/c32-27-13-14-28(38-20-34-35-36-38)26(18-27)19-33-30(39)29-15-16-37(29)31(40)25-8-4-7-24(17-25)23-11-9-22(10-12-23)21-5-2-1-3-6-21/h1-3,5-6,9-14,18,20,24-25,29H,4,7-8,15-17,19H2,(H,33,39)/t24-,25+,29-/m0/s1. The van der Waals surface area contributed by atoms with E-state index in [0.717, 1.165) is 36.9 Å². The summed E-state index contributed by atoms with van der Waals surface area (Å²) < 4.78 is 1.53. The molecule has 1 saturated heterocycles. The van der Waals surface area contributed by atoms with Crippen molar-refractivity contribution in [3.05, 3.63) is 95.3 Å². The largest absolute Gasteiger partial charge is 0.350 e. The number of carbonyl (C=O) groups excluding carboxylic acids is 2. The highest BCUT2D eigenvalue weighted by Gasteiger charge is 2.41. The normalized spacial score (nSPS) is 20.5. The quantitative estimate of drug-likeness (QED) is 0.340. The van der Waals surface area contributed by atoms with Crippen molar-refractivity contribution in [2.75, 3.05) is 6.54 Å². The molecule has 0 unspecified atom stereocenters. The fraction of sp³-hybridized carbons (Fsp3) is 0.323. The molecule has 3 atom stereocenters. The molecule has 2 aliphatic rings. The first-order valence-corrected chi connectivity index (χ1v) is 14.2. The van der Waals surface area contributed by atoms with Gasteiger partial charge in [0.25, 0.3) is 0 Å². The summed E-state index contributed by atoms with van der Waals surface area (Å²) in [6, 6.07) is 24.1. The zero-order valence-electron chi connectivity index (χ0n) is 22.1. The lowest BCUT2D eigenvalue weighted by Crippen LogP contribution is -2.59. The van der Waals surface area contributed by atoms with E-state index < -0.39 is 6.04 Å². The number of rotatable bonds is 7. The Morgan fingerprint density at radius 2 is 1.75 bits per heavy atom. The summed E-state index contributed by atoms with van der Waals surface area (Å²) in [5, 5.41) is 14.9. The van der Waals surface area contributed by atoms with Crippen LogP contribution in [0.4, 0.5) is 0 Å². The van der Waals surface area contributed by atoms with Gasteiger partial charge in [-0.25, -0.2) is 4.68 Å². The van der Waals surface area contributed by atoms with Crippen LogP contribution in [0.15, 0.2) is 79.1 Å². The summed E-state index contributed by atoms with van der Waals surface area (Å²) in [6.07, 6.45) is 5.97. The fourth-order valence-corrected chi connectivity index (χ4v) is 6.14. The number of hydrogen-bond donors (Lipinski definition) is 1. The highest BCUT2D eigenvalue weighted by atomic mass is 35.5. The minimum Gasteiger partial charge on any atom is -0.350 e. The Morgan fingerprint density at radius 1 is 0.950 bits per heavy atom. The van der Waals surface area contributed by atoms with Crippen molar-refractivity contribution in [1.82, 2.24) is 30.4 Å². The molecule has 6 rings (SSSR count). The first-order chi connectivity index (χ1) is 19.6. The number of benzene rings is 3. The summed E-state index contributed by atoms with van der Waals surface area (Å²) in [5.74, 6) is 0.261. The van der Waals surface area contributed by atoms with E-state index in [1.54, 1.807) is 17.0 Å². The molecular weight excluding hydrogens is 524 g/mol. The van der Waals surface area contributed by atoms with Crippen LogP contribution in [0, 0.1) is 5.92 Å². The number of tetrazole rings is 1. The number of likely N-dealkylation sites (tertiary alicyclic amines) is 1. The minimum atomic E-state index is -0.436. The SMILES string of the molecule is O=C(NCc1cc(Cl)ccc1-n1cnnn1)[C@@H]1CCN1C(=O)[C@@H]1CCC[C@H](c2ccc(-c3ccccc3)cc2)C1. The molecule has 2 fully saturated rings. The van der Waals surface area contributed by atoms with E-state index in [1.165, 1.54) is 27.7 Å². The van der Waals surface area contributed by atoms with Crippen LogP contribution in [0.5, 0.6) is 0 Å². The molecule has 2 amide bonds. The van der Waals surface area contributed by atoms with Gasteiger partial charge in [-0.3, -0.25) is 9.59 Å². The molecule has 204 valence electrons. The van der Waals surface area contributed by atoms with E-state index in [9.17, 15) is 9.59 Å². The van der Waals surface area contributed by atoms with Crippen LogP contribution in [0.3, 0.4) is 0 Å². The van der Waals surface area contributed by atoms with Gasteiger partial charge in [0, 0.05) is 24.0 Å². The van der Waals surface area contributed by atoms with Crippen molar-refractivity contribution < 1.29 is 9.59 Å². The number of hydrogen-bond acceptors (Lipinski definition) is 5. The number of halogens is 1. The predicted octanol–water partition coefficient (Wildman–Crippen LogP) is 5.17. The molecule has 3 aromatic carbocycles. The highest BCUT2D eigenvalue weighted by molar-refractivity contribution is 6.30. The number of amides is 2. The maximum atomic E-state index is 13.5. The summed E-state index contributed by atoms with van der Waals surface area (Å²) in [7, 11) is 0. The van der Waals surface area contributed by atoms with Crippen LogP contribution in [0.2, 0.25) is 5.02 Å². The molecule has 0 spiro atoms. The molecule has 0 radical (unpaired) electrons. The molecule has 8 nitrogen and oxygen atoms in total. The lowest BCUT2D eigenvalue weighted by atomic mass is 9.76. The molecule has 1 aromatic heterocycles.